The van der Waals surface area contributed by atoms with Gasteiger partial charge in [-0.1, -0.05) is 394 Å². The summed E-state index contributed by atoms with van der Waals surface area (Å²) in [5.74, 6) is 5.90. The van der Waals surface area contributed by atoms with Crippen molar-refractivity contribution >= 4 is 159 Å². The molecule has 0 aliphatic rings. The number of fused-ring (bicyclic) bond motifs is 15. The molecule has 0 amide bonds. The molecular weight excluding hydrogens is 1770 g/mol. The van der Waals surface area contributed by atoms with Gasteiger partial charge in [-0.05, 0) is 194 Å². The lowest BCUT2D eigenvalue weighted by Crippen LogP contribution is -2.01. The van der Waals surface area contributed by atoms with Crippen molar-refractivity contribution in [2.45, 2.75) is 0 Å². The average Bonchev–Trinajstić information content (AvgIpc) is 1.66. The highest BCUT2D eigenvalue weighted by Crippen LogP contribution is 2.48. The second-order valence-electron chi connectivity index (χ2n) is 35.3. The molecule has 141 heavy (non-hydrogen) atoms. The number of hydrogen-bond donors (Lipinski definition) is 0. The minimum atomic E-state index is 0.649. The van der Waals surface area contributed by atoms with Gasteiger partial charge < -0.3 is 0 Å². The van der Waals surface area contributed by atoms with Crippen LogP contribution in [0.25, 0.3) is 272 Å². The van der Waals surface area contributed by atoms with E-state index in [1.807, 2.05) is 76.5 Å². The molecule has 28 aromatic rings. The molecule has 6 aromatic heterocycles. The normalized spacial score (nSPS) is 11.5. The first kappa shape index (κ1) is 83.7. The van der Waals surface area contributed by atoms with Crippen LogP contribution in [0.4, 0.5) is 0 Å². The molecule has 28 rings (SSSR count). The van der Waals surface area contributed by atoms with E-state index in [4.69, 9.17) is 44.9 Å². The van der Waals surface area contributed by atoms with Crippen molar-refractivity contribution in [3.63, 3.8) is 0 Å². The van der Waals surface area contributed by atoms with Crippen LogP contribution in [-0.4, -0.2) is 44.9 Å². The maximum Gasteiger partial charge on any atom is 0.164 e. The van der Waals surface area contributed by atoms with E-state index in [0.717, 1.165) is 88.0 Å². The molecule has 0 radical (unpaired) electrons. The van der Waals surface area contributed by atoms with Gasteiger partial charge in [-0.3, -0.25) is 0 Å². The monoisotopic (exact) mass is 1850 g/mol. The molecule has 0 N–H and O–H groups in total. The van der Waals surface area contributed by atoms with Crippen molar-refractivity contribution in [3.05, 3.63) is 479 Å². The predicted octanol–water partition coefficient (Wildman–Crippen LogP) is 35.3. The lowest BCUT2D eigenvalue weighted by Gasteiger charge is -2.14. The van der Waals surface area contributed by atoms with E-state index in [1.54, 1.807) is 0 Å². The molecule has 0 atom stereocenters. The Kier molecular flexibility index (Phi) is 21.3. The molecule has 6 heterocycles. The first-order valence-electron chi connectivity index (χ1n) is 47.2. The van der Waals surface area contributed by atoms with Crippen molar-refractivity contribution < 1.29 is 0 Å². The molecule has 658 valence electrons. The zero-order chi connectivity index (χ0) is 93.2. The van der Waals surface area contributed by atoms with Gasteiger partial charge in [0.05, 0.1) is 0 Å². The largest absolute Gasteiger partial charge is 0.208 e. The molecule has 0 spiro atoms. The summed E-state index contributed by atoms with van der Waals surface area (Å²) in [4.78, 5) is 45.7. The predicted molar refractivity (Wildman–Crippen MR) is 594 cm³/mol. The molecular formula is C129H79N9S3. The first-order valence-corrected chi connectivity index (χ1v) is 49.6. The fourth-order valence-corrected chi connectivity index (χ4v) is 23.2. The number of nitrogens with zero attached hydrogens (tertiary/aromatic N) is 9. The van der Waals surface area contributed by atoms with Gasteiger partial charge in [0.15, 0.2) is 52.4 Å². The molecule has 22 aromatic carbocycles. The third-order valence-corrected chi connectivity index (χ3v) is 30.2. The van der Waals surface area contributed by atoms with Gasteiger partial charge in [-0.25, -0.2) is 44.9 Å². The Morgan fingerprint density at radius 2 is 0.362 bits per heavy atom. The van der Waals surface area contributed by atoms with E-state index in [1.165, 1.54) is 132 Å². The highest BCUT2D eigenvalue weighted by Gasteiger charge is 2.24. The summed E-state index contributed by atoms with van der Waals surface area (Å²) in [6.45, 7) is 0. The van der Waals surface area contributed by atoms with Crippen LogP contribution < -0.4 is 0 Å². The van der Waals surface area contributed by atoms with Gasteiger partial charge in [-0.2, -0.15) is 0 Å². The molecule has 0 saturated heterocycles. The zero-order valence-corrected chi connectivity index (χ0v) is 78.3. The van der Waals surface area contributed by atoms with Crippen LogP contribution in [0.15, 0.2) is 479 Å². The molecule has 0 unspecified atom stereocenters. The zero-order valence-electron chi connectivity index (χ0n) is 75.9. The highest BCUT2D eigenvalue weighted by atomic mass is 32.1. The Hall–Kier alpha value is -17.9. The minimum absolute atomic E-state index is 0.649. The van der Waals surface area contributed by atoms with Crippen LogP contribution in [0.2, 0.25) is 0 Å². The van der Waals surface area contributed by atoms with E-state index in [9.17, 15) is 0 Å². The van der Waals surface area contributed by atoms with Gasteiger partial charge in [0.2, 0.25) is 0 Å². The summed E-state index contributed by atoms with van der Waals surface area (Å²) in [5, 5.41) is 21.7. The quantitative estimate of drug-likeness (QED) is 0.111. The van der Waals surface area contributed by atoms with E-state index in [0.29, 0.717) is 52.4 Å². The van der Waals surface area contributed by atoms with Crippen molar-refractivity contribution in [2.75, 3.05) is 0 Å². The molecule has 9 nitrogen and oxygen atoms in total. The molecule has 0 bridgehead atoms. The van der Waals surface area contributed by atoms with Gasteiger partial charge in [0.25, 0.3) is 0 Å². The Balaban J connectivity index is 0.000000109. The van der Waals surface area contributed by atoms with Gasteiger partial charge in [0.1, 0.15) is 0 Å². The van der Waals surface area contributed by atoms with E-state index in [-0.39, 0.29) is 0 Å². The van der Waals surface area contributed by atoms with Crippen molar-refractivity contribution in [1.29, 1.82) is 0 Å². The van der Waals surface area contributed by atoms with Gasteiger partial charge >= 0.3 is 0 Å². The summed E-state index contributed by atoms with van der Waals surface area (Å²) in [6, 6.07) is 169. The summed E-state index contributed by atoms with van der Waals surface area (Å²) < 4.78 is 7.84. The van der Waals surface area contributed by atoms with Crippen LogP contribution in [0.1, 0.15) is 0 Å². The maximum atomic E-state index is 5.17. The van der Waals surface area contributed by atoms with Crippen LogP contribution in [0, 0.1) is 0 Å². The third kappa shape index (κ3) is 15.9. The fraction of sp³-hybridized carbons (Fsp3) is 0. The van der Waals surface area contributed by atoms with Crippen LogP contribution in [-0.2, 0) is 0 Å². The third-order valence-electron chi connectivity index (χ3n) is 26.8. The Bertz CT molecular complexity index is 9690. The Labute approximate surface area is 823 Å². The van der Waals surface area contributed by atoms with E-state index in [2.05, 4.69) is 437 Å². The highest BCUT2D eigenvalue weighted by molar-refractivity contribution is 7.26. The van der Waals surface area contributed by atoms with Crippen molar-refractivity contribution in [3.8, 4) is 147 Å². The summed E-state index contributed by atoms with van der Waals surface area (Å²) in [6.07, 6.45) is 0. The molecule has 0 fully saturated rings. The van der Waals surface area contributed by atoms with Crippen LogP contribution in [0.5, 0.6) is 0 Å². The van der Waals surface area contributed by atoms with Crippen LogP contribution in [0.3, 0.4) is 0 Å². The molecule has 0 saturated carbocycles. The molecule has 12 heteroatoms. The topological polar surface area (TPSA) is 116 Å². The van der Waals surface area contributed by atoms with Crippen LogP contribution >= 0.6 is 34.0 Å². The number of aromatic nitrogens is 9. The average molecular weight is 1850 g/mol. The number of hydrogen-bond acceptors (Lipinski definition) is 12. The summed E-state index contributed by atoms with van der Waals surface area (Å²) in [5.41, 5.74) is 18.2. The van der Waals surface area contributed by atoms with Gasteiger partial charge in [-0.15, -0.1) is 34.0 Å². The standard InChI is InChI=1S/C45H27N3S.C43H27N3S.C41H25N3S/c1-3-11-30-25-33(19-17-28(30)9-1)43-46-44(34-20-18-29-10-2-4-12-31(29)26-34)48-45(47-43)39-23-22-35(36-13-5-6-14-37(36)39)32-21-24-42-40(27-32)38-15-7-8-16-41(38)49-42;1-3-12-28(13-4-1)29-22-24-31(25-23-29)42-44-41(30-14-5-2-6-15-30)45-43(46-42)36-27-26-34(32-16-7-8-17-33(32)36)35-19-11-21-39-40(35)37-18-9-10-20-38(37)47-39;1-2-11-27(12-3-1)39-42-40(30-19-18-26-10-4-5-13-28(26)24-30)44-41(43-39)35-22-21-31(32-14-6-7-15-33(32)35)29-20-23-38-36(25-29)34-16-8-9-17-37(34)45-38/h1-27H;1-27H;1-25H. The molecule has 0 aliphatic carbocycles. The number of rotatable bonds is 13. The maximum absolute atomic E-state index is 5.17. The Morgan fingerprint density at radius 1 is 0.113 bits per heavy atom. The molecule has 0 aliphatic heterocycles. The fourth-order valence-electron chi connectivity index (χ4n) is 19.9. The Morgan fingerprint density at radius 3 is 0.766 bits per heavy atom. The number of benzene rings is 22. The minimum Gasteiger partial charge on any atom is -0.208 e. The van der Waals surface area contributed by atoms with Gasteiger partial charge in [0, 0.05) is 111 Å². The summed E-state index contributed by atoms with van der Waals surface area (Å²) >= 11 is 5.54. The van der Waals surface area contributed by atoms with Crippen molar-refractivity contribution in [1.82, 2.24) is 44.9 Å². The van der Waals surface area contributed by atoms with E-state index < -0.39 is 0 Å². The smallest absolute Gasteiger partial charge is 0.164 e. The lowest BCUT2D eigenvalue weighted by atomic mass is 9.92. The number of thiophene rings is 3. The first-order chi connectivity index (χ1) is 69.8. The summed E-state index contributed by atoms with van der Waals surface area (Å²) in [7, 11) is 0. The second kappa shape index (κ2) is 36.0. The lowest BCUT2D eigenvalue weighted by molar-refractivity contribution is 1.08. The second-order valence-corrected chi connectivity index (χ2v) is 38.5. The van der Waals surface area contributed by atoms with Crippen molar-refractivity contribution in [2.24, 2.45) is 0 Å². The van der Waals surface area contributed by atoms with E-state index >= 15 is 0 Å². The SMILES string of the molecule is c1ccc(-c2ccc(-c3nc(-c4ccccc4)nc(-c4ccc(-c5cccc6sc7ccccc7c56)c5ccccc45)n3)cc2)cc1.c1ccc(-c2nc(-c3ccc4ccccc4c3)nc(-c3ccc(-c4ccc5sc6ccccc6c5c4)c4ccccc34)n2)cc1.c1ccc2cc(-c3nc(-c4ccc5ccccc5c4)nc(-c4ccc(-c5ccc6sc7ccccc7c6c5)c5ccccc45)n3)ccc2c1.